The highest BCUT2D eigenvalue weighted by molar-refractivity contribution is 8.01. The van der Waals surface area contributed by atoms with Gasteiger partial charge in [0.25, 0.3) is 0 Å². The van der Waals surface area contributed by atoms with Crippen molar-refractivity contribution in [1.29, 1.82) is 0 Å². The predicted octanol–water partition coefficient (Wildman–Crippen LogP) is 3.94. The molecule has 0 aromatic heterocycles. The first-order chi connectivity index (χ1) is 7.65. The van der Waals surface area contributed by atoms with Crippen LogP contribution in [0.3, 0.4) is 0 Å². The number of aliphatic carboxylic acids is 1. The third-order valence-electron chi connectivity index (χ3n) is 3.40. The highest BCUT2D eigenvalue weighted by Crippen LogP contribution is 2.34. The average Bonchev–Trinajstić information content (AvgIpc) is 2.27. The third-order valence-corrected chi connectivity index (χ3v) is 5.21. The van der Waals surface area contributed by atoms with Gasteiger partial charge >= 0.3 is 5.97 Å². The molecule has 16 heavy (non-hydrogen) atoms. The van der Waals surface area contributed by atoms with Crippen molar-refractivity contribution in [2.24, 2.45) is 5.92 Å². The van der Waals surface area contributed by atoms with E-state index in [0.717, 1.165) is 12.8 Å². The maximum absolute atomic E-state index is 11.3. The monoisotopic (exact) mass is 244 g/mol. The second kappa shape index (κ2) is 7.21. The van der Waals surface area contributed by atoms with Crippen LogP contribution in [0.2, 0.25) is 0 Å². The molecule has 3 heteroatoms. The van der Waals surface area contributed by atoms with Gasteiger partial charge in [0.15, 0.2) is 0 Å². The number of hydrogen-bond acceptors (Lipinski definition) is 2. The Morgan fingerprint density at radius 3 is 2.50 bits per heavy atom. The molecular formula is C13H24O2S. The van der Waals surface area contributed by atoms with E-state index in [0.29, 0.717) is 11.2 Å². The van der Waals surface area contributed by atoms with Crippen LogP contribution in [-0.4, -0.2) is 21.6 Å². The van der Waals surface area contributed by atoms with Gasteiger partial charge in [-0.1, -0.05) is 39.5 Å². The third kappa shape index (κ3) is 4.36. The number of carboxylic acids is 1. The Kier molecular flexibility index (Phi) is 6.25. The van der Waals surface area contributed by atoms with Crippen LogP contribution in [0.25, 0.3) is 0 Å². The minimum atomic E-state index is -0.614. The molecule has 1 aliphatic rings. The zero-order valence-corrected chi connectivity index (χ0v) is 11.3. The maximum atomic E-state index is 11.3. The van der Waals surface area contributed by atoms with Crippen molar-refractivity contribution in [3.63, 3.8) is 0 Å². The van der Waals surface area contributed by atoms with Crippen molar-refractivity contribution in [2.75, 3.05) is 0 Å². The van der Waals surface area contributed by atoms with Crippen molar-refractivity contribution in [3.8, 4) is 0 Å². The van der Waals surface area contributed by atoms with Gasteiger partial charge in [-0.05, 0) is 25.2 Å². The Morgan fingerprint density at radius 2 is 2.00 bits per heavy atom. The van der Waals surface area contributed by atoms with Crippen molar-refractivity contribution in [2.45, 2.75) is 69.3 Å². The molecule has 2 unspecified atom stereocenters. The van der Waals surface area contributed by atoms with E-state index in [1.165, 1.54) is 32.1 Å². The Labute approximate surface area is 103 Å². The lowest BCUT2D eigenvalue weighted by molar-refractivity contribution is -0.137. The van der Waals surface area contributed by atoms with E-state index < -0.39 is 5.97 Å². The molecule has 1 rings (SSSR count). The number of rotatable bonds is 6. The Morgan fingerprint density at radius 1 is 1.38 bits per heavy atom. The van der Waals surface area contributed by atoms with Gasteiger partial charge in [-0.15, -0.1) is 11.8 Å². The van der Waals surface area contributed by atoms with Crippen LogP contribution < -0.4 is 0 Å². The van der Waals surface area contributed by atoms with Gasteiger partial charge in [-0.25, -0.2) is 0 Å². The summed E-state index contributed by atoms with van der Waals surface area (Å²) in [6.45, 7) is 4.21. The minimum Gasteiger partial charge on any atom is -0.480 e. The smallest absolute Gasteiger partial charge is 0.316 e. The lowest BCUT2D eigenvalue weighted by atomic mass is 10.0. The van der Waals surface area contributed by atoms with E-state index in [-0.39, 0.29) is 5.25 Å². The lowest BCUT2D eigenvalue weighted by Crippen LogP contribution is -2.28. The summed E-state index contributed by atoms with van der Waals surface area (Å²) in [6.07, 6.45) is 8.44. The normalized spacial score (nSPS) is 21.6. The summed E-state index contributed by atoms with van der Waals surface area (Å²) in [4.78, 5) is 11.3. The quantitative estimate of drug-likeness (QED) is 0.769. The number of carboxylic acid groups (broad SMARTS) is 1. The molecule has 1 saturated carbocycles. The topological polar surface area (TPSA) is 37.3 Å². The van der Waals surface area contributed by atoms with E-state index in [1.54, 1.807) is 11.8 Å². The summed E-state index contributed by atoms with van der Waals surface area (Å²) in [7, 11) is 0. The number of hydrogen-bond donors (Lipinski definition) is 1. The van der Waals surface area contributed by atoms with E-state index in [4.69, 9.17) is 0 Å². The average molecular weight is 244 g/mol. The molecule has 0 aliphatic heterocycles. The van der Waals surface area contributed by atoms with Gasteiger partial charge in [0.05, 0.1) is 0 Å². The van der Waals surface area contributed by atoms with E-state index in [2.05, 4.69) is 13.8 Å². The summed E-state index contributed by atoms with van der Waals surface area (Å²) >= 11 is 1.72. The predicted molar refractivity (Wildman–Crippen MR) is 70.0 cm³/mol. The van der Waals surface area contributed by atoms with Crippen LogP contribution >= 0.6 is 11.8 Å². The van der Waals surface area contributed by atoms with Crippen LogP contribution in [0, 0.1) is 5.92 Å². The maximum Gasteiger partial charge on any atom is 0.316 e. The van der Waals surface area contributed by atoms with E-state index in [9.17, 15) is 9.90 Å². The highest BCUT2D eigenvalue weighted by Gasteiger charge is 2.28. The summed E-state index contributed by atoms with van der Waals surface area (Å²) in [6, 6.07) is 0. The molecule has 0 radical (unpaired) electrons. The minimum absolute atomic E-state index is 0.192. The fourth-order valence-electron chi connectivity index (χ4n) is 2.45. The van der Waals surface area contributed by atoms with Gasteiger partial charge in [-0.3, -0.25) is 4.79 Å². The van der Waals surface area contributed by atoms with Gasteiger partial charge in [-0.2, -0.15) is 0 Å². The van der Waals surface area contributed by atoms with Crippen molar-refractivity contribution in [1.82, 2.24) is 0 Å². The highest BCUT2D eigenvalue weighted by atomic mass is 32.2. The van der Waals surface area contributed by atoms with E-state index in [1.807, 2.05) is 0 Å². The molecule has 1 aliphatic carbocycles. The van der Waals surface area contributed by atoms with Crippen LogP contribution in [0.1, 0.15) is 58.8 Å². The molecule has 0 aromatic rings. The summed E-state index contributed by atoms with van der Waals surface area (Å²) < 4.78 is 0. The van der Waals surface area contributed by atoms with Gasteiger partial charge < -0.3 is 5.11 Å². The van der Waals surface area contributed by atoms with Crippen LogP contribution in [-0.2, 0) is 4.79 Å². The molecule has 2 atom stereocenters. The second-order valence-electron chi connectivity index (χ2n) is 4.92. The molecule has 0 spiro atoms. The standard InChI is InChI=1S/C13H24O2S/c1-3-7-10(2)12(13(14)15)16-11-8-5-4-6-9-11/h10-12H,3-9H2,1-2H3,(H,14,15). The zero-order chi connectivity index (χ0) is 12.0. The van der Waals surface area contributed by atoms with Crippen LogP contribution in [0.4, 0.5) is 0 Å². The van der Waals surface area contributed by atoms with Gasteiger partial charge in [0.1, 0.15) is 5.25 Å². The first-order valence-electron chi connectivity index (χ1n) is 6.53. The number of carbonyl (C=O) groups is 1. The molecule has 0 heterocycles. The molecule has 0 saturated heterocycles. The molecule has 0 aromatic carbocycles. The van der Waals surface area contributed by atoms with Crippen molar-refractivity contribution in [3.05, 3.63) is 0 Å². The summed E-state index contributed by atoms with van der Waals surface area (Å²) in [5.41, 5.74) is 0. The Balaban J connectivity index is 2.46. The Hall–Kier alpha value is -0.180. The molecular weight excluding hydrogens is 220 g/mol. The molecule has 1 fully saturated rings. The molecule has 0 amide bonds. The number of thioether (sulfide) groups is 1. The SMILES string of the molecule is CCCC(C)C(SC1CCCCC1)C(=O)O. The fourth-order valence-corrected chi connectivity index (χ4v) is 3.99. The van der Waals surface area contributed by atoms with Crippen molar-refractivity contribution < 1.29 is 9.90 Å². The molecule has 1 N–H and O–H groups in total. The second-order valence-corrected chi connectivity index (χ2v) is 6.37. The summed E-state index contributed by atoms with van der Waals surface area (Å²) in [5.74, 6) is -0.314. The first kappa shape index (κ1) is 13.9. The molecule has 2 nitrogen and oxygen atoms in total. The summed E-state index contributed by atoms with van der Waals surface area (Å²) in [5, 5.41) is 9.68. The lowest BCUT2D eigenvalue weighted by Gasteiger charge is -2.27. The van der Waals surface area contributed by atoms with Gasteiger partial charge in [0, 0.05) is 5.25 Å². The first-order valence-corrected chi connectivity index (χ1v) is 7.47. The van der Waals surface area contributed by atoms with Gasteiger partial charge in [0.2, 0.25) is 0 Å². The van der Waals surface area contributed by atoms with E-state index >= 15 is 0 Å². The molecule has 94 valence electrons. The van der Waals surface area contributed by atoms with Crippen LogP contribution in [0.15, 0.2) is 0 Å². The van der Waals surface area contributed by atoms with Crippen LogP contribution in [0.5, 0.6) is 0 Å². The fraction of sp³-hybridized carbons (Fsp3) is 0.923. The zero-order valence-electron chi connectivity index (χ0n) is 10.4. The molecule has 0 bridgehead atoms. The Bertz CT molecular complexity index is 212. The largest absolute Gasteiger partial charge is 0.480 e. The van der Waals surface area contributed by atoms with Crippen molar-refractivity contribution >= 4 is 17.7 Å².